The van der Waals surface area contributed by atoms with E-state index in [1.54, 1.807) is 6.92 Å². The number of rotatable bonds is 6. The third-order valence-electron chi connectivity index (χ3n) is 1.87. The fourth-order valence-electron chi connectivity index (χ4n) is 1.18. The van der Waals surface area contributed by atoms with Gasteiger partial charge < -0.3 is 9.72 Å². The van der Waals surface area contributed by atoms with E-state index in [0.717, 1.165) is 0 Å². The van der Waals surface area contributed by atoms with Crippen molar-refractivity contribution in [2.24, 2.45) is 0 Å². The van der Waals surface area contributed by atoms with Crippen LogP contribution in [0.4, 0.5) is 0 Å². The van der Waals surface area contributed by atoms with Crippen LogP contribution >= 0.6 is 11.3 Å². The Morgan fingerprint density at radius 2 is 2.12 bits per heavy atom. The van der Waals surface area contributed by atoms with Crippen molar-refractivity contribution >= 4 is 21.4 Å². The number of aryl methyl sites for hydroxylation is 1. The summed E-state index contributed by atoms with van der Waals surface area (Å²) in [7, 11) is -3.61. The van der Waals surface area contributed by atoms with Gasteiger partial charge in [0.1, 0.15) is 0 Å². The second kappa shape index (κ2) is 5.76. The van der Waals surface area contributed by atoms with E-state index >= 15 is 0 Å². The number of sulfonamides is 1. The van der Waals surface area contributed by atoms with Gasteiger partial charge in [-0.05, 0) is 20.8 Å². The molecule has 1 heterocycles. The molecular formula is C9H16N2O4S2. The molecule has 0 fully saturated rings. The summed E-state index contributed by atoms with van der Waals surface area (Å²) in [6.45, 7) is 5.78. The molecule has 1 aromatic heterocycles. The topological polar surface area (TPSA) is 88.3 Å². The Bertz CT molecular complexity index is 515. The van der Waals surface area contributed by atoms with Crippen molar-refractivity contribution in [3.05, 3.63) is 15.4 Å². The molecule has 0 aromatic carbocycles. The monoisotopic (exact) mass is 280 g/mol. The van der Waals surface area contributed by atoms with Gasteiger partial charge in [0.15, 0.2) is 4.21 Å². The number of aromatic nitrogens is 1. The third-order valence-corrected chi connectivity index (χ3v) is 4.94. The highest BCUT2D eigenvalue weighted by Crippen LogP contribution is 2.14. The number of ether oxygens (including phenoxy) is 1. The standard InChI is InChI=1S/C9H16N2O4S2/c1-6(2)15-5-4-10-17(13,14)8-7(3)11-9(12)16-8/h6,10H,4-5H2,1-3H3,(H,11,12). The molecule has 17 heavy (non-hydrogen) atoms. The predicted molar refractivity (Wildman–Crippen MR) is 66.0 cm³/mol. The highest BCUT2D eigenvalue weighted by molar-refractivity contribution is 7.91. The zero-order valence-corrected chi connectivity index (χ0v) is 11.6. The minimum absolute atomic E-state index is 0.0343. The van der Waals surface area contributed by atoms with Crippen LogP contribution < -0.4 is 9.60 Å². The zero-order chi connectivity index (χ0) is 13.1. The van der Waals surface area contributed by atoms with Gasteiger partial charge >= 0.3 is 4.87 Å². The molecule has 0 aliphatic rings. The van der Waals surface area contributed by atoms with E-state index in [1.807, 2.05) is 13.8 Å². The van der Waals surface area contributed by atoms with Crippen molar-refractivity contribution < 1.29 is 13.2 Å². The summed E-state index contributed by atoms with van der Waals surface area (Å²) in [6, 6.07) is 0. The first-order chi connectivity index (χ1) is 7.83. The van der Waals surface area contributed by atoms with E-state index in [1.165, 1.54) is 0 Å². The van der Waals surface area contributed by atoms with Gasteiger partial charge in [0.05, 0.1) is 12.7 Å². The number of hydrogen-bond acceptors (Lipinski definition) is 5. The molecule has 0 amide bonds. The van der Waals surface area contributed by atoms with Gasteiger partial charge in [0.25, 0.3) is 10.0 Å². The molecule has 98 valence electrons. The van der Waals surface area contributed by atoms with Gasteiger partial charge in [-0.2, -0.15) is 0 Å². The maximum absolute atomic E-state index is 11.8. The third kappa shape index (κ3) is 4.23. The average molecular weight is 280 g/mol. The molecule has 8 heteroatoms. The van der Waals surface area contributed by atoms with Crippen LogP contribution in [0, 0.1) is 6.92 Å². The summed E-state index contributed by atoms with van der Waals surface area (Å²) < 4.78 is 31.2. The molecule has 0 saturated heterocycles. The molecule has 1 rings (SSSR count). The Labute approximate surface area is 104 Å². The quantitative estimate of drug-likeness (QED) is 0.740. The van der Waals surface area contributed by atoms with Crippen LogP contribution in [-0.2, 0) is 14.8 Å². The Balaban J connectivity index is 2.64. The number of aromatic amines is 1. The van der Waals surface area contributed by atoms with Crippen LogP contribution in [0.15, 0.2) is 9.00 Å². The van der Waals surface area contributed by atoms with Crippen molar-refractivity contribution in [3.63, 3.8) is 0 Å². The van der Waals surface area contributed by atoms with Gasteiger partial charge in [-0.1, -0.05) is 11.3 Å². The fraction of sp³-hybridized carbons (Fsp3) is 0.667. The lowest BCUT2D eigenvalue weighted by Crippen LogP contribution is -2.28. The summed E-state index contributed by atoms with van der Waals surface area (Å²) in [6.07, 6.45) is 0.0598. The second-order valence-electron chi connectivity index (χ2n) is 3.74. The summed E-state index contributed by atoms with van der Waals surface area (Å²) >= 11 is 0.683. The van der Waals surface area contributed by atoms with Crippen LogP contribution in [0.1, 0.15) is 19.5 Å². The number of H-pyrrole nitrogens is 1. The minimum atomic E-state index is -3.61. The molecule has 0 atom stereocenters. The van der Waals surface area contributed by atoms with Crippen LogP contribution in [0.3, 0.4) is 0 Å². The first-order valence-electron chi connectivity index (χ1n) is 5.14. The van der Waals surface area contributed by atoms with Gasteiger partial charge in [-0.15, -0.1) is 0 Å². The highest BCUT2D eigenvalue weighted by Gasteiger charge is 2.19. The molecule has 0 bridgehead atoms. The molecule has 0 radical (unpaired) electrons. The van der Waals surface area contributed by atoms with Crippen molar-refractivity contribution in [1.82, 2.24) is 9.71 Å². The van der Waals surface area contributed by atoms with E-state index < -0.39 is 10.0 Å². The Morgan fingerprint density at radius 3 is 2.59 bits per heavy atom. The largest absolute Gasteiger partial charge is 0.377 e. The number of hydrogen-bond donors (Lipinski definition) is 2. The van der Waals surface area contributed by atoms with Gasteiger partial charge in [-0.3, -0.25) is 4.79 Å². The van der Waals surface area contributed by atoms with Crippen molar-refractivity contribution in [2.75, 3.05) is 13.2 Å². The van der Waals surface area contributed by atoms with E-state index in [0.29, 0.717) is 23.6 Å². The summed E-state index contributed by atoms with van der Waals surface area (Å²) in [5, 5.41) is 0. The first-order valence-corrected chi connectivity index (χ1v) is 7.44. The van der Waals surface area contributed by atoms with E-state index in [9.17, 15) is 13.2 Å². The predicted octanol–water partition coefficient (Wildman–Crippen LogP) is 0.448. The molecule has 6 nitrogen and oxygen atoms in total. The summed E-state index contributed by atoms with van der Waals surface area (Å²) in [4.78, 5) is 13.1. The SMILES string of the molecule is Cc1[nH]c(=O)sc1S(=O)(=O)NCCOC(C)C. The Morgan fingerprint density at radius 1 is 1.47 bits per heavy atom. The van der Waals surface area contributed by atoms with Crippen molar-refractivity contribution in [2.45, 2.75) is 31.1 Å². The van der Waals surface area contributed by atoms with Crippen LogP contribution in [0.2, 0.25) is 0 Å². The average Bonchev–Trinajstić information content (AvgIpc) is 2.53. The maximum Gasteiger partial charge on any atom is 0.305 e. The Hall–Kier alpha value is -0.700. The smallest absolute Gasteiger partial charge is 0.305 e. The van der Waals surface area contributed by atoms with E-state index in [-0.39, 0.29) is 21.7 Å². The molecule has 0 unspecified atom stereocenters. The second-order valence-corrected chi connectivity index (χ2v) is 6.69. The highest BCUT2D eigenvalue weighted by atomic mass is 32.2. The first kappa shape index (κ1) is 14.4. The lowest BCUT2D eigenvalue weighted by atomic mass is 10.5. The molecule has 2 N–H and O–H groups in total. The lowest BCUT2D eigenvalue weighted by molar-refractivity contribution is 0.0834. The minimum Gasteiger partial charge on any atom is -0.377 e. The molecule has 0 aliphatic carbocycles. The van der Waals surface area contributed by atoms with Crippen molar-refractivity contribution in [3.8, 4) is 0 Å². The van der Waals surface area contributed by atoms with E-state index in [2.05, 4.69) is 9.71 Å². The van der Waals surface area contributed by atoms with Gasteiger partial charge in [0.2, 0.25) is 0 Å². The van der Waals surface area contributed by atoms with Gasteiger partial charge in [0, 0.05) is 12.2 Å². The summed E-state index contributed by atoms with van der Waals surface area (Å²) in [5.74, 6) is 0. The number of nitrogens with one attached hydrogen (secondary N) is 2. The zero-order valence-electron chi connectivity index (χ0n) is 9.94. The lowest BCUT2D eigenvalue weighted by Gasteiger charge is -2.08. The van der Waals surface area contributed by atoms with Crippen molar-refractivity contribution in [1.29, 1.82) is 0 Å². The Kier molecular flexibility index (Phi) is 4.87. The number of thiazole rings is 1. The molecule has 0 saturated carbocycles. The maximum atomic E-state index is 11.8. The molecule has 1 aromatic rings. The normalized spacial score (nSPS) is 12.2. The van der Waals surface area contributed by atoms with E-state index in [4.69, 9.17) is 4.74 Å². The molecule has 0 spiro atoms. The summed E-state index contributed by atoms with van der Waals surface area (Å²) in [5.41, 5.74) is 0.359. The van der Waals surface area contributed by atoms with Crippen LogP contribution in [0.5, 0.6) is 0 Å². The van der Waals surface area contributed by atoms with Gasteiger partial charge in [-0.25, -0.2) is 13.1 Å². The van der Waals surface area contributed by atoms with Crippen LogP contribution in [0.25, 0.3) is 0 Å². The molecular weight excluding hydrogens is 264 g/mol. The van der Waals surface area contributed by atoms with Crippen LogP contribution in [-0.4, -0.2) is 32.7 Å². The fourth-order valence-corrected chi connectivity index (χ4v) is 3.54. The molecule has 0 aliphatic heterocycles.